The number of likely N-dealkylation sites (N-methyl/N-ethyl adjacent to an activating group) is 1. The van der Waals surface area contributed by atoms with Crippen LogP contribution in [0.15, 0.2) is 77.3 Å². The lowest BCUT2D eigenvalue weighted by molar-refractivity contribution is -0.139. The maximum atomic E-state index is 13.8. The number of halogens is 3. The molecule has 1 N–H and O–H groups in total. The molecule has 0 unspecified atom stereocenters. The molecule has 0 aliphatic heterocycles. The molecule has 0 aromatic heterocycles. The highest BCUT2D eigenvalue weighted by Crippen LogP contribution is 2.26. The molecular formula is C26H26BrCl2N3O4S. The number of hydrogen-bond donors (Lipinski definition) is 1. The molecule has 0 radical (unpaired) electrons. The number of carbonyl (C=O) groups excluding carboxylic acids is 2. The molecule has 0 saturated heterocycles. The molecule has 1 atom stereocenters. The Kier molecular flexibility index (Phi) is 10.0. The maximum absolute atomic E-state index is 13.8. The van der Waals surface area contributed by atoms with E-state index in [4.69, 9.17) is 23.2 Å². The predicted molar refractivity (Wildman–Crippen MR) is 151 cm³/mol. The SMILES string of the molecule is CNC(=O)[C@H](Cc1ccccc1)N(Cc1ccc(Cl)c(Cl)c1)C(=O)CN(c1cccc(Br)c1)S(C)(=O)=O. The van der Waals surface area contributed by atoms with Gasteiger partial charge in [0.25, 0.3) is 0 Å². The third-order valence-electron chi connectivity index (χ3n) is 5.63. The van der Waals surface area contributed by atoms with E-state index in [1.807, 2.05) is 30.3 Å². The van der Waals surface area contributed by atoms with Crippen molar-refractivity contribution in [2.45, 2.75) is 19.0 Å². The van der Waals surface area contributed by atoms with E-state index in [2.05, 4.69) is 21.2 Å². The quantitative estimate of drug-likeness (QED) is 0.347. The van der Waals surface area contributed by atoms with Crippen molar-refractivity contribution in [3.05, 3.63) is 98.4 Å². The van der Waals surface area contributed by atoms with Crippen LogP contribution in [0, 0.1) is 0 Å². The van der Waals surface area contributed by atoms with Crippen LogP contribution in [-0.4, -0.2) is 51.0 Å². The lowest BCUT2D eigenvalue weighted by atomic mass is 10.0. The largest absolute Gasteiger partial charge is 0.357 e. The van der Waals surface area contributed by atoms with Gasteiger partial charge in [0.2, 0.25) is 21.8 Å². The lowest BCUT2D eigenvalue weighted by Gasteiger charge is -2.33. The van der Waals surface area contributed by atoms with Crippen LogP contribution in [0.3, 0.4) is 0 Å². The molecule has 37 heavy (non-hydrogen) atoms. The Morgan fingerprint density at radius 1 is 0.946 bits per heavy atom. The third-order valence-corrected chi connectivity index (χ3v) is 8.00. The fraction of sp³-hybridized carbons (Fsp3) is 0.231. The Balaban J connectivity index is 2.04. The van der Waals surface area contributed by atoms with E-state index >= 15 is 0 Å². The molecular weight excluding hydrogens is 601 g/mol. The zero-order valence-electron chi connectivity index (χ0n) is 20.2. The van der Waals surface area contributed by atoms with Gasteiger partial charge in [-0.15, -0.1) is 0 Å². The summed E-state index contributed by atoms with van der Waals surface area (Å²) < 4.78 is 27.1. The Morgan fingerprint density at radius 3 is 2.24 bits per heavy atom. The van der Waals surface area contributed by atoms with Gasteiger partial charge >= 0.3 is 0 Å². The molecule has 0 bridgehead atoms. The van der Waals surface area contributed by atoms with E-state index < -0.39 is 28.5 Å². The van der Waals surface area contributed by atoms with Gasteiger partial charge in [0.1, 0.15) is 12.6 Å². The van der Waals surface area contributed by atoms with E-state index in [0.717, 1.165) is 16.1 Å². The lowest BCUT2D eigenvalue weighted by Crippen LogP contribution is -2.52. The van der Waals surface area contributed by atoms with Crippen LogP contribution < -0.4 is 9.62 Å². The van der Waals surface area contributed by atoms with Gasteiger partial charge in [-0.3, -0.25) is 13.9 Å². The minimum atomic E-state index is -3.83. The molecule has 3 aromatic carbocycles. The zero-order valence-corrected chi connectivity index (χ0v) is 24.1. The molecule has 3 rings (SSSR count). The van der Waals surface area contributed by atoms with Gasteiger partial charge in [-0.25, -0.2) is 8.42 Å². The topological polar surface area (TPSA) is 86.8 Å². The first-order valence-corrected chi connectivity index (χ1v) is 14.6. The second kappa shape index (κ2) is 12.8. The first-order valence-electron chi connectivity index (χ1n) is 11.2. The molecule has 2 amide bonds. The van der Waals surface area contributed by atoms with Crippen LogP contribution in [0.1, 0.15) is 11.1 Å². The van der Waals surface area contributed by atoms with Gasteiger partial charge in [-0.2, -0.15) is 0 Å². The first kappa shape index (κ1) is 29.0. The summed E-state index contributed by atoms with van der Waals surface area (Å²) in [5.41, 5.74) is 1.80. The number of anilines is 1. The van der Waals surface area contributed by atoms with E-state index in [-0.39, 0.29) is 18.9 Å². The number of sulfonamides is 1. The second-order valence-electron chi connectivity index (χ2n) is 8.34. The average molecular weight is 627 g/mol. The first-order chi connectivity index (χ1) is 17.5. The second-order valence-corrected chi connectivity index (χ2v) is 12.0. The number of rotatable bonds is 10. The van der Waals surface area contributed by atoms with Crippen molar-refractivity contribution in [3.8, 4) is 0 Å². The minimum absolute atomic E-state index is 0.0106. The van der Waals surface area contributed by atoms with Crippen LogP contribution >= 0.6 is 39.1 Å². The van der Waals surface area contributed by atoms with Gasteiger partial charge in [0.05, 0.1) is 22.0 Å². The normalized spacial score (nSPS) is 12.0. The molecule has 0 saturated carbocycles. The maximum Gasteiger partial charge on any atom is 0.244 e. The third kappa shape index (κ3) is 7.95. The summed E-state index contributed by atoms with van der Waals surface area (Å²) in [6, 6.07) is 19.9. The summed E-state index contributed by atoms with van der Waals surface area (Å²) in [6.07, 6.45) is 1.26. The summed E-state index contributed by atoms with van der Waals surface area (Å²) in [4.78, 5) is 28.3. The summed E-state index contributed by atoms with van der Waals surface area (Å²) in [5.74, 6) is -0.938. The molecule has 0 fully saturated rings. The standard InChI is InChI=1S/C26H26BrCl2N3O4S/c1-30-26(34)24(14-18-7-4-3-5-8-18)31(16-19-11-12-22(28)23(29)13-19)25(33)17-32(37(2,35)36)21-10-6-9-20(27)15-21/h3-13,15,24H,14,16-17H2,1-2H3,(H,30,34)/t24-/m0/s1. The number of nitrogens with one attached hydrogen (secondary N) is 1. The highest BCUT2D eigenvalue weighted by atomic mass is 79.9. The van der Waals surface area contributed by atoms with E-state index in [9.17, 15) is 18.0 Å². The number of nitrogens with zero attached hydrogens (tertiary/aromatic N) is 2. The van der Waals surface area contributed by atoms with Crippen LogP contribution in [0.4, 0.5) is 5.69 Å². The van der Waals surface area contributed by atoms with Gasteiger partial charge in [-0.05, 0) is 41.5 Å². The smallest absolute Gasteiger partial charge is 0.244 e. The Hall–Kier alpha value is -2.59. The van der Waals surface area contributed by atoms with Crippen LogP contribution in [0.5, 0.6) is 0 Å². The van der Waals surface area contributed by atoms with Gasteiger partial charge in [0, 0.05) is 24.5 Å². The number of amides is 2. The minimum Gasteiger partial charge on any atom is -0.357 e. The summed E-state index contributed by atoms with van der Waals surface area (Å²) in [7, 11) is -2.34. The number of hydrogen-bond acceptors (Lipinski definition) is 4. The monoisotopic (exact) mass is 625 g/mol. The van der Waals surface area contributed by atoms with Gasteiger partial charge < -0.3 is 10.2 Å². The number of benzene rings is 3. The van der Waals surface area contributed by atoms with Crippen molar-refractivity contribution in [1.29, 1.82) is 0 Å². The predicted octanol–water partition coefficient (Wildman–Crippen LogP) is 4.91. The highest BCUT2D eigenvalue weighted by molar-refractivity contribution is 9.10. The van der Waals surface area contributed by atoms with E-state index in [1.165, 1.54) is 11.9 Å². The average Bonchev–Trinajstić information content (AvgIpc) is 2.86. The number of carbonyl (C=O) groups is 2. The molecule has 0 aliphatic rings. The van der Waals surface area contributed by atoms with Crippen molar-refractivity contribution >= 4 is 66.7 Å². The molecule has 11 heteroatoms. The Bertz CT molecular complexity index is 1370. The molecule has 0 aliphatic carbocycles. The van der Waals surface area contributed by atoms with Crippen molar-refractivity contribution in [2.75, 3.05) is 24.2 Å². The molecule has 3 aromatic rings. The van der Waals surface area contributed by atoms with Crippen LogP contribution in [0.25, 0.3) is 0 Å². The Labute approximate surface area is 235 Å². The fourth-order valence-corrected chi connectivity index (χ4v) is 5.35. The van der Waals surface area contributed by atoms with Crippen molar-refractivity contribution in [1.82, 2.24) is 10.2 Å². The van der Waals surface area contributed by atoms with Crippen molar-refractivity contribution in [2.24, 2.45) is 0 Å². The Morgan fingerprint density at radius 2 is 1.65 bits per heavy atom. The summed E-state index contributed by atoms with van der Waals surface area (Å²) in [5, 5.41) is 3.29. The molecule has 0 heterocycles. The summed E-state index contributed by atoms with van der Waals surface area (Å²) in [6.45, 7) is -0.490. The summed E-state index contributed by atoms with van der Waals surface area (Å²) >= 11 is 15.6. The fourth-order valence-electron chi connectivity index (χ4n) is 3.80. The zero-order chi connectivity index (χ0) is 27.2. The van der Waals surface area contributed by atoms with Crippen molar-refractivity contribution < 1.29 is 18.0 Å². The van der Waals surface area contributed by atoms with Gasteiger partial charge in [0.15, 0.2) is 0 Å². The van der Waals surface area contributed by atoms with E-state index in [1.54, 1.807) is 42.5 Å². The molecule has 0 spiro atoms. The van der Waals surface area contributed by atoms with Gasteiger partial charge in [-0.1, -0.05) is 81.6 Å². The van der Waals surface area contributed by atoms with E-state index in [0.29, 0.717) is 25.8 Å². The highest BCUT2D eigenvalue weighted by Gasteiger charge is 2.32. The van der Waals surface area contributed by atoms with Crippen LogP contribution in [-0.2, 0) is 32.6 Å². The molecule has 7 nitrogen and oxygen atoms in total. The molecule has 196 valence electrons. The van der Waals surface area contributed by atoms with Crippen LogP contribution in [0.2, 0.25) is 10.0 Å². The van der Waals surface area contributed by atoms with Crippen molar-refractivity contribution in [3.63, 3.8) is 0 Å².